The molecule has 0 saturated heterocycles. The van der Waals surface area contributed by atoms with Crippen LogP contribution in [0.3, 0.4) is 0 Å². The Morgan fingerprint density at radius 1 is 1.11 bits per heavy atom. The van der Waals surface area contributed by atoms with Crippen molar-refractivity contribution in [1.29, 1.82) is 0 Å². The number of unbranched alkanes of at least 4 members (excludes halogenated alkanes) is 4. The molecule has 4 N–H and O–H groups in total. The van der Waals surface area contributed by atoms with Crippen molar-refractivity contribution in [2.24, 2.45) is 5.73 Å². The lowest BCUT2D eigenvalue weighted by Gasteiger charge is -2.21. The van der Waals surface area contributed by atoms with Crippen LogP contribution in [0.2, 0.25) is 0 Å². The van der Waals surface area contributed by atoms with Gasteiger partial charge in [-0.1, -0.05) is 45.1 Å². The highest BCUT2D eigenvalue weighted by atomic mass is 16.3. The molecule has 0 aliphatic heterocycles. The third kappa shape index (κ3) is 5.11. The first kappa shape index (κ1) is 15.8. The van der Waals surface area contributed by atoms with Gasteiger partial charge in [-0.05, 0) is 37.0 Å². The molecule has 107 valence electrons. The van der Waals surface area contributed by atoms with Crippen molar-refractivity contribution in [2.45, 2.75) is 57.4 Å². The summed E-state index contributed by atoms with van der Waals surface area (Å²) in [6.45, 7) is 6.12. The summed E-state index contributed by atoms with van der Waals surface area (Å²) in [4.78, 5) is 0. The molecule has 0 saturated carbocycles. The molecule has 1 radical (unpaired) electrons. The second kappa shape index (κ2) is 8.05. The normalized spacial score (nSPS) is 14.3. The number of aromatic hydroxyl groups is 2. The lowest BCUT2D eigenvalue weighted by molar-refractivity contribution is 0.401. The quantitative estimate of drug-likeness (QED) is 0.495. The highest BCUT2D eigenvalue weighted by molar-refractivity contribution is 5.42. The van der Waals surface area contributed by atoms with E-state index < -0.39 is 0 Å². The Labute approximate surface area is 116 Å². The van der Waals surface area contributed by atoms with Crippen molar-refractivity contribution < 1.29 is 10.2 Å². The smallest absolute Gasteiger partial charge is 0.157 e. The molecule has 0 fully saturated rings. The second-order valence-corrected chi connectivity index (χ2v) is 5.22. The summed E-state index contributed by atoms with van der Waals surface area (Å²) >= 11 is 0. The van der Waals surface area contributed by atoms with Gasteiger partial charge in [-0.2, -0.15) is 0 Å². The van der Waals surface area contributed by atoms with Crippen LogP contribution in [0.1, 0.15) is 56.9 Å². The summed E-state index contributed by atoms with van der Waals surface area (Å²) in [5.74, 6) is -0.0506. The summed E-state index contributed by atoms with van der Waals surface area (Å²) < 4.78 is 0. The van der Waals surface area contributed by atoms with Gasteiger partial charge in [0.1, 0.15) is 0 Å². The van der Waals surface area contributed by atoms with Crippen LogP contribution in [0.5, 0.6) is 11.5 Å². The summed E-state index contributed by atoms with van der Waals surface area (Å²) in [6, 6.07) is 4.72. The summed E-state index contributed by atoms with van der Waals surface area (Å²) in [6.07, 6.45) is 7.08. The molecule has 3 nitrogen and oxygen atoms in total. The van der Waals surface area contributed by atoms with Gasteiger partial charge in [0.25, 0.3) is 0 Å². The number of benzene rings is 1. The van der Waals surface area contributed by atoms with E-state index in [1.54, 1.807) is 6.07 Å². The van der Waals surface area contributed by atoms with Crippen molar-refractivity contribution in [3.8, 4) is 11.5 Å². The van der Waals surface area contributed by atoms with Gasteiger partial charge in [0.05, 0.1) is 0 Å². The van der Waals surface area contributed by atoms with Gasteiger partial charge in [-0.15, -0.1) is 0 Å². The van der Waals surface area contributed by atoms with E-state index in [0.717, 1.165) is 18.4 Å². The predicted octanol–water partition coefficient (Wildman–Crippen LogP) is 3.70. The Bertz CT molecular complexity index is 377. The topological polar surface area (TPSA) is 66.5 Å². The molecule has 3 heteroatoms. The van der Waals surface area contributed by atoms with Crippen LogP contribution in [0.25, 0.3) is 0 Å². The van der Waals surface area contributed by atoms with Gasteiger partial charge in [0, 0.05) is 6.04 Å². The van der Waals surface area contributed by atoms with Crippen molar-refractivity contribution in [2.75, 3.05) is 0 Å². The van der Waals surface area contributed by atoms with E-state index in [0.29, 0.717) is 0 Å². The maximum absolute atomic E-state index is 9.56. The lowest BCUT2D eigenvalue weighted by atomic mass is 9.87. The van der Waals surface area contributed by atoms with E-state index in [-0.39, 0.29) is 23.5 Å². The van der Waals surface area contributed by atoms with E-state index in [1.807, 2.05) is 6.07 Å². The molecule has 19 heavy (non-hydrogen) atoms. The average Bonchev–Trinajstić information content (AvgIpc) is 2.37. The van der Waals surface area contributed by atoms with Crippen LogP contribution in [0.15, 0.2) is 18.2 Å². The van der Waals surface area contributed by atoms with E-state index in [2.05, 4.69) is 13.8 Å². The molecule has 1 rings (SSSR count). The van der Waals surface area contributed by atoms with E-state index in [4.69, 9.17) is 5.73 Å². The minimum absolute atomic E-state index is 0.0888. The highest BCUT2D eigenvalue weighted by Crippen LogP contribution is 2.32. The molecule has 0 heterocycles. The van der Waals surface area contributed by atoms with Crippen LogP contribution in [-0.2, 0) is 0 Å². The molecule has 0 aliphatic carbocycles. The monoisotopic (exact) mass is 264 g/mol. The van der Waals surface area contributed by atoms with Crippen molar-refractivity contribution in [3.63, 3.8) is 0 Å². The van der Waals surface area contributed by atoms with Crippen molar-refractivity contribution in [1.82, 2.24) is 0 Å². The molecular formula is C16H26NO2. The van der Waals surface area contributed by atoms with Crippen LogP contribution < -0.4 is 5.73 Å². The first-order chi connectivity index (χ1) is 9.06. The van der Waals surface area contributed by atoms with E-state index >= 15 is 0 Å². The molecule has 0 aliphatic rings. The van der Waals surface area contributed by atoms with Gasteiger partial charge in [0.15, 0.2) is 11.5 Å². The Balaban J connectivity index is 2.59. The van der Waals surface area contributed by atoms with Crippen LogP contribution in [-0.4, -0.2) is 16.3 Å². The summed E-state index contributed by atoms with van der Waals surface area (Å²) in [7, 11) is 0. The third-order valence-electron chi connectivity index (χ3n) is 3.56. The Kier molecular flexibility index (Phi) is 6.71. The zero-order valence-corrected chi connectivity index (χ0v) is 11.8. The summed E-state index contributed by atoms with van der Waals surface area (Å²) in [5.41, 5.74) is 6.89. The largest absolute Gasteiger partial charge is 0.504 e. The Morgan fingerprint density at radius 2 is 1.79 bits per heavy atom. The van der Waals surface area contributed by atoms with Gasteiger partial charge in [0.2, 0.25) is 0 Å². The molecule has 1 aromatic rings. The molecule has 0 aromatic heterocycles. The fraction of sp³-hybridized carbons (Fsp3) is 0.562. The predicted molar refractivity (Wildman–Crippen MR) is 79.2 cm³/mol. The number of rotatable bonds is 8. The molecule has 1 aromatic carbocycles. The molecule has 0 bridgehead atoms. The SMILES string of the molecule is [CH2]C(N)C(CCCCCCC)c1ccc(O)c(O)c1. The lowest BCUT2D eigenvalue weighted by Crippen LogP contribution is -2.25. The third-order valence-corrected chi connectivity index (χ3v) is 3.56. The maximum atomic E-state index is 9.56. The van der Waals surface area contributed by atoms with Crippen molar-refractivity contribution in [3.05, 3.63) is 30.7 Å². The number of hydrogen-bond acceptors (Lipinski definition) is 3. The fourth-order valence-electron chi connectivity index (χ4n) is 2.37. The first-order valence-corrected chi connectivity index (χ1v) is 7.16. The highest BCUT2D eigenvalue weighted by Gasteiger charge is 2.17. The minimum Gasteiger partial charge on any atom is -0.504 e. The van der Waals surface area contributed by atoms with Gasteiger partial charge < -0.3 is 15.9 Å². The van der Waals surface area contributed by atoms with Gasteiger partial charge in [-0.25, -0.2) is 0 Å². The molecular weight excluding hydrogens is 238 g/mol. The second-order valence-electron chi connectivity index (χ2n) is 5.22. The Morgan fingerprint density at radius 3 is 2.37 bits per heavy atom. The summed E-state index contributed by atoms with van der Waals surface area (Å²) in [5, 5.41) is 18.9. The maximum Gasteiger partial charge on any atom is 0.157 e. The zero-order chi connectivity index (χ0) is 14.3. The molecule has 2 unspecified atom stereocenters. The number of nitrogens with two attached hydrogens (primary N) is 1. The number of hydrogen-bond donors (Lipinski definition) is 3. The molecule has 2 atom stereocenters. The van der Waals surface area contributed by atoms with Crippen LogP contribution in [0.4, 0.5) is 0 Å². The van der Waals surface area contributed by atoms with Crippen LogP contribution >= 0.6 is 0 Å². The zero-order valence-electron chi connectivity index (χ0n) is 11.8. The molecule has 0 spiro atoms. The van der Waals surface area contributed by atoms with E-state index in [9.17, 15) is 10.2 Å². The van der Waals surface area contributed by atoms with E-state index in [1.165, 1.54) is 31.7 Å². The van der Waals surface area contributed by atoms with Gasteiger partial charge >= 0.3 is 0 Å². The number of phenolic OH excluding ortho intramolecular Hbond substituents is 2. The molecule has 0 amide bonds. The fourth-order valence-corrected chi connectivity index (χ4v) is 2.37. The standard InChI is InChI=1S/C16H26NO2/c1-3-4-5-6-7-8-14(12(2)17)13-9-10-15(18)16(19)11-13/h9-12,14,18-19H,2-8,17H2,1H3. The Hall–Kier alpha value is -1.22. The average molecular weight is 264 g/mol. The van der Waals surface area contributed by atoms with Crippen LogP contribution in [0, 0.1) is 6.92 Å². The number of phenols is 2. The van der Waals surface area contributed by atoms with Crippen molar-refractivity contribution >= 4 is 0 Å². The minimum atomic E-state index is -0.199. The first-order valence-electron chi connectivity index (χ1n) is 7.16. The van der Waals surface area contributed by atoms with Gasteiger partial charge in [-0.3, -0.25) is 0 Å².